The zero-order valence-corrected chi connectivity index (χ0v) is 11.2. The van der Waals surface area contributed by atoms with Crippen LogP contribution in [0.2, 0.25) is 5.02 Å². The van der Waals surface area contributed by atoms with Gasteiger partial charge < -0.3 is 10.1 Å². The zero-order valence-electron chi connectivity index (χ0n) is 10.5. The molecule has 2 N–H and O–H groups in total. The summed E-state index contributed by atoms with van der Waals surface area (Å²) in [6.45, 7) is 1.56. The molecule has 1 atom stereocenters. The maximum absolute atomic E-state index is 11.7. The van der Waals surface area contributed by atoms with E-state index in [0.29, 0.717) is 10.8 Å². The van der Waals surface area contributed by atoms with Crippen LogP contribution in [0.3, 0.4) is 0 Å². The van der Waals surface area contributed by atoms with Crippen molar-refractivity contribution in [1.29, 1.82) is 0 Å². The van der Waals surface area contributed by atoms with Gasteiger partial charge in [0.2, 0.25) is 0 Å². The number of urea groups is 1. The van der Waals surface area contributed by atoms with Gasteiger partial charge >= 0.3 is 6.03 Å². The Morgan fingerprint density at radius 2 is 2.05 bits per heavy atom. The van der Waals surface area contributed by atoms with Gasteiger partial charge in [0.05, 0.1) is 5.02 Å². The normalized spacial score (nSPS) is 15.5. The largest absolute Gasteiger partial charge is 0.479 e. The number of amides is 3. The minimum Gasteiger partial charge on any atom is -0.479 e. The Morgan fingerprint density at radius 1 is 1.37 bits per heavy atom. The Labute approximate surface area is 116 Å². The topological polar surface area (TPSA) is 67.4 Å². The van der Waals surface area contributed by atoms with Crippen LogP contribution in [0.15, 0.2) is 24.3 Å². The number of ether oxygens (including phenoxy) is 1. The first kappa shape index (κ1) is 13.7. The van der Waals surface area contributed by atoms with Crippen LogP contribution in [0, 0.1) is 0 Å². The summed E-state index contributed by atoms with van der Waals surface area (Å²) in [7, 11) is 0. The lowest BCUT2D eigenvalue weighted by atomic mass is 10.3. The molecule has 0 heterocycles. The first-order valence-electron chi connectivity index (χ1n) is 6.09. The summed E-state index contributed by atoms with van der Waals surface area (Å²) >= 11 is 5.92. The third kappa shape index (κ3) is 4.13. The van der Waals surface area contributed by atoms with Crippen molar-refractivity contribution in [2.24, 2.45) is 0 Å². The Balaban J connectivity index is 1.84. The molecular formula is C13H15ClN2O3. The second-order valence-corrected chi connectivity index (χ2v) is 4.83. The smallest absolute Gasteiger partial charge is 0.321 e. The molecule has 19 heavy (non-hydrogen) atoms. The molecular weight excluding hydrogens is 268 g/mol. The van der Waals surface area contributed by atoms with Gasteiger partial charge in [0, 0.05) is 6.04 Å². The first-order valence-corrected chi connectivity index (χ1v) is 6.46. The number of carbonyl (C=O) groups is 2. The van der Waals surface area contributed by atoms with Crippen molar-refractivity contribution in [2.45, 2.75) is 31.9 Å². The van der Waals surface area contributed by atoms with E-state index in [2.05, 4.69) is 10.6 Å². The zero-order chi connectivity index (χ0) is 13.8. The quantitative estimate of drug-likeness (QED) is 0.889. The van der Waals surface area contributed by atoms with E-state index in [1.807, 2.05) is 0 Å². The molecule has 1 saturated carbocycles. The molecule has 1 aliphatic rings. The molecule has 1 aromatic rings. The van der Waals surface area contributed by atoms with Crippen LogP contribution < -0.4 is 15.4 Å². The van der Waals surface area contributed by atoms with Gasteiger partial charge in [0.15, 0.2) is 6.10 Å². The van der Waals surface area contributed by atoms with Crippen LogP contribution in [0.4, 0.5) is 4.79 Å². The van der Waals surface area contributed by atoms with Gasteiger partial charge in [-0.05, 0) is 31.9 Å². The number of benzene rings is 1. The molecule has 0 aliphatic heterocycles. The Bertz CT molecular complexity index is 489. The number of imide groups is 1. The molecule has 0 radical (unpaired) electrons. The summed E-state index contributed by atoms with van der Waals surface area (Å²) in [5, 5.41) is 5.32. The highest BCUT2D eigenvalue weighted by Gasteiger charge is 2.25. The van der Waals surface area contributed by atoms with Crippen molar-refractivity contribution >= 4 is 23.5 Å². The standard InChI is InChI=1S/C13H15ClN2O3/c1-8(19-11-5-3-2-4-10(11)14)12(17)16-13(18)15-9-6-7-9/h2-5,8-9H,6-7H2,1H3,(H2,15,16,17,18). The Kier molecular flexibility index (Phi) is 4.27. The van der Waals surface area contributed by atoms with Gasteiger partial charge in [-0.25, -0.2) is 4.79 Å². The summed E-state index contributed by atoms with van der Waals surface area (Å²) in [5.74, 6) is -0.0903. The molecule has 1 unspecified atom stereocenters. The van der Waals surface area contributed by atoms with Gasteiger partial charge in [-0.3, -0.25) is 10.1 Å². The third-order valence-corrected chi connectivity index (χ3v) is 2.97. The molecule has 0 bridgehead atoms. The summed E-state index contributed by atoms with van der Waals surface area (Å²) in [6, 6.07) is 6.57. The highest BCUT2D eigenvalue weighted by molar-refractivity contribution is 6.32. The van der Waals surface area contributed by atoms with E-state index >= 15 is 0 Å². The summed E-state index contributed by atoms with van der Waals surface area (Å²) in [5.41, 5.74) is 0. The predicted molar refractivity (Wildman–Crippen MR) is 71.2 cm³/mol. The van der Waals surface area contributed by atoms with Gasteiger partial charge in [-0.1, -0.05) is 23.7 Å². The molecule has 0 aromatic heterocycles. The van der Waals surface area contributed by atoms with Crippen LogP contribution in [0.1, 0.15) is 19.8 Å². The minimum atomic E-state index is -0.801. The van der Waals surface area contributed by atoms with Crippen LogP contribution in [-0.2, 0) is 4.79 Å². The van der Waals surface area contributed by atoms with Crippen LogP contribution in [0.25, 0.3) is 0 Å². The van der Waals surface area contributed by atoms with Gasteiger partial charge in [0.1, 0.15) is 5.75 Å². The fourth-order valence-electron chi connectivity index (χ4n) is 1.45. The van der Waals surface area contributed by atoms with E-state index in [4.69, 9.17) is 16.3 Å². The highest BCUT2D eigenvalue weighted by Crippen LogP contribution is 2.24. The van der Waals surface area contributed by atoms with Crippen LogP contribution in [0.5, 0.6) is 5.75 Å². The summed E-state index contributed by atoms with van der Waals surface area (Å²) in [4.78, 5) is 23.1. The predicted octanol–water partition coefficient (Wildman–Crippen LogP) is 2.10. The molecule has 102 valence electrons. The average molecular weight is 283 g/mol. The van der Waals surface area contributed by atoms with E-state index < -0.39 is 18.0 Å². The van der Waals surface area contributed by atoms with E-state index in [9.17, 15) is 9.59 Å². The lowest BCUT2D eigenvalue weighted by Crippen LogP contribution is -2.45. The van der Waals surface area contributed by atoms with Gasteiger partial charge in [-0.15, -0.1) is 0 Å². The molecule has 5 nitrogen and oxygen atoms in total. The molecule has 6 heteroatoms. The molecule has 0 spiro atoms. The van der Waals surface area contributed by atoms with Crippen LogP contribution >= 0.6 is 11.6 Å². The molecule has 1 fully saturated rings. The van der Waals surface area contributed by atoms with Crippen molar-refractivity contribution in [2.75, 3.05) is 0 Å². The van der Waals surface area contributed by atoms with Crippen LogP contribution in [-0.4, -0.2) is 24.1 Å². The van der Waals surface area contributed by atoms with E-state index in [0.717, 1.165) is 12.8 Å². The van der Waals surface area contributed by atoms with E-state index in [1.54, 1.807) is 31.2 Å². The average Bonchev–Trinajstić information content (AvgIpc) is 3.15. The lowest BCUT2D eigenvalue weighted by molar-refractivity contribution is -0.126. The fraction of sp³-hybridized carbons (Fsp3) is 0.385. The third-order valence-electron chi connectivity index (χ3n) is 2.66. The van der Waals surface area contributed by atoms with Gasteiger partial charge in [-0.2, -0.15) is 0 Å². The maximum Gasteiger partial charge on any atom is 0.321 e. The molecule has 0 saturated heterocycles. The fourth-order valence-corrected chi connectivity index (χ4v) is 1.63. The Morgan fingerprint density at radius 3 is 2.68 bits per heavy atom. The number of hydrogen-bond acceptors (Lipinski definition) is 3. The van der Waals surface area contributed by atoms with Gasteiger partial charge in [0.25, 0.3) is 5.91 Å². The molecule has 1 aromatic carbocycles. The second-order valence-electron chi connectivity index (χ2n) is 4.43. The molecule has 1 aliphatic carbocycles. The van der Waals surface area contributed by atoms with E-state index in [-0.39, 0.29) is 6.04 Å². The molecule has 2 rings (SSSR count). The molecule has 3 amide bonds. The number of para-hydroxylation sites is 1. The Hall–Kier alpha value is -1.75. The summed E-state index contributed by atoms with van der Waals surface area (Å²) < 4.78 is 5.40. The summed E-state index contributed by atoms with van der Waals surface area (Å²) in [6.07, 6.45) is 1.13. The van der Waals surface area contributed by atoms with Crippen molar-refractivity contribution in [3.63, 3.8) is 0 Å². The monoisotopic (exact) mass is 282 g/mol. The van der Waals surface area contributed by atoms with E-state index in [1.165, 1.54) is 0 Å². The number of rotatable bonds is 4. The number of nitrogens with one attached hydrogen (secondary N) is 2. The number of carbonyl (C=O) groups excluding carboxylic acids is 2. The SMILES string of the molecule is CC(Oc1ccccc1Cl)C(=O)NC(=O)NC1CC1. The highest BCUT2D eigenvalue weighted by atomic mass is 35.5. The second kappa shape index (κ2) is 5.93. The maximum atomic E-state index is 11.7. The number of hydrogen-bond donors (Lipinski definition) is 2. The van der Waals surface area contributed by atoms with Crippen molar-refractivity contribution in [3.8, 4) is 5.75 Å². The number of halogens is 1. The van der Waals surface area contributed by atoms with Crippen molar-refractivity contribution in [3.05, 3.63) is 29.3 Å². The minimum absolute atomic E-state index is 0.201. The first-order chi connectivity index (χ1) is 9.06. The van der Waals surface area contributed by atoms with Crippen molar-refractivity contribution in [1.82, 2.24) is 10.6 Å². The lowest BCUT2D eigenvalue weighted by Gasteiger charge is -2.15. The van der Waals surface area contributed by atoms with Crippen molar-refractivity contribution < 1.29 is 14.3 Å².